The van der Waals surface area contributed by atoms with Crippen LogP contribution in [0.4, 0.5) is 0 Å². The van der Waals surface area contributed by atoms with Gasteiger partial charge in [-0.3, -0.25) is 0 Å². The molecule has 0 unspecified atom stereocenters. The predicted molar refractivity (Wildman–Crippen MR) is 46.5 cm³/mol. The van der Waals surface area contributed by atoms with E-state index in [-0.39, 0.29) is 12.3 Å². The van der Waals surface area contributed by atoms with Crippen molar-refractivity contribution < 1.29 is 14.6 Å². The number of benzene rings is 1. The van der Waals surface area contributed by atoms with Crippen LogP contribution in [0.15, 0.2) is 23.2 Å². The smallest absolute Gasteiger partial charge is 0.235 e. The molecule has 0 atom stereocenters. The Kier molecular flexibility index (Phi) is 3.06. The summed E-state index contributed by atoms with van der Waals surface area (Å²) in [5.41, 5.74) is 0.544. The molecule has 0 saturated heterocycles. The number of phenols is 1. The molecular formula is C9H9NO3. The molecule has 0 aliphatic carbocycles. The molecule has 0 fully saturated rings. The number of aliphatic imine (C=N–C) groups is 1. The number of methoxy groups -OCH3 is 1. The topological polar surface area (TPSA) is 58.9 Å². The lowest BCUT2D eigenvalue weighted by Gasteiger charge is -2.03. The van der Waals surface area contributed by atoms with Crippen molar-refractivity contribution in [2.75, 3.05) is 7.11 Å². The number of ether oxygens (including phenoxy) is 1. The summed E-state index contributed by atoms with van der Waals surface area (Å²) in [6.45, 7) is 0.118. The Hall–Kier alpha value is -1.80. The summed E-state index contributed by atoms with van der Waals surface area (Å²) in [6, 6.07) is 4.74. The fourth-order valence-electron chi connectivity index (χ4n) is 0.933. The molecule has 1 rings (SSSR count). The van der Waals surface area contributed by atoms with Gasteiger partial charge in [-0.15, -0.1) is 0 Å². The van der Waals surface area contributed by atoms with E-state index in [1.54, 1.807) is 12.1 Å². The van der Waals surface area contributed by atoms with Crippen LogP contribution in [-0.4, -0.2) is 18.3 Å². The van der Waals surface area contributed by atoms with Crippen LogP contribution in [0.3, 0.4) is 0 Å². The Balaban J connectivity index is 2.96. The summed E-state index contributed by atoms with van der Waals surface area (Å²) >= 11 is 0. The number of rotatable bonds is 3. The number of isocyanates is 1. The van der Waals surface area contributed by atoms with Gasteiger partial charge >= 0.3 is 0 Å². The summed E-state index contributed by atoms with van der Waals surface area (Å²) in [5.74, 6) is 0.716. The molecule has 0 spiro atoms. The Labute approximate surface area is 75.5 Å². The van der Waals surface area contributed by atoms with Crippen molar-refractivity contribution in [1.29, 1.82) is 0 Å². The van der Waals surface area contributed by atoms with E-state index in [0.29, 0.717) is 11.3 Å². The molecule has 1 aromatic carbocycles. The first-order valence-electron chi connectivity index (χ1n) is 3.67. The molecule has 0 aliphatic rings. The second-order valence-corrected chi connectivity index (χ2v) is 2.40. The van der Waals surface area contributed by atoms with Gasteiger partial charge in [0.1, 0.15) is 11.5 Å². The highest BCUT2D eigenvalue weighted by atomic mass is 16.5. The third-order valence-corrected chi connectivity index (χ3v) is 1.60. The monoisotopic (exact) mass is 179 g/mol. The maximum atomic E-state index is 9.84. The van der Waals surface area contributed by atoms with Gasteiger partial charge in [0.2, 0.25) is 6.08 Å². The van der Waals surface area contributed by atoms with Crippen LogP contribution in [0.25, 0.3) is 0 Å². The molecule has 0 amide bonds. The fourth-order valence-corrected chi connectivity index (χ4v) is 0.933. The molecule has 1 aromatic rings. The third-order valence-electron chi connectivity index (χ3n) is 1.60. The predicted octanol–water partition coefficient (Wildman–Crippen LogP) is 1.24. The first-order valence-corrected chi connectivity index (χ1v) is 3.67. The van der Waals surface area contributed by atoms with E-state index in [0.717, 1.165) is 0 Å². The maximum Gasteiger partial charge on any atom is 0.235 e. The Morgan fingerprint density at radius 1 is 1.62 bits per heavy atom. The summed E-state index contributed by atoms with van der Waals surface area (Å²) < 4.78 is 4.94. The van der Waals surface area contributed by atoms with Crippen molar-refractivity contribution in [2.45, 2.75) is 6.54 Å². The quantitative estimate of drug-likeness (QED) is 0.561. The van der Waals surface area contributed by atoms with E-state index in [4.69, 9.17) is 4.74 Å². The second-order valence-electron chi connectivity index (χ2n) is 2.40. The number of carbonyl (C=O) groups excluding carboxylic acids is 1. The van der Waals surface area contributed by atoms with Gasteiger partial charge in [0.25, 0.3) is 0 Å². The third kappa shape index (κ3) is 2.32. The first-order chi connectivity index (χ1) is 6.27. The molecule has 0 aliphatic heterocycles. The Bertz CT molecular complexity index is 343. The average Bonchev–Trinajstić information content (AvgIpc) is 2.17. The van der Waals surface area contributed by atoms with Gasteiger partial charge in [-0.1, -0.05) is 0 Å². The molecular weight excluding hydrogens is 170 g/mol. The van der Waals surface area contributed by atoms with E-state index >= 15 is 0 Å². The van der Waals surface area contributed by atoms with Gasteiger partial charge in [0, 0.05) is 5.56 Å². The van der Waals surface area contributed by atoms with Crippen LogP contribution in [0.1, 0.15) is 5.56 Å². The van der Waals surface area contributed by atoms with Crippen molar-refractivity contribution in [1.82, 2.24) is 0 Å². The number of hydrogen-bond donors (Lipinski definition) is 1. The summed E-state index contributed by atoms with van der Waals surface area (Å²) in [4.78, 5) is 13.2. The van der Waals surface area contributed by atoms with Crippen LogP contribution in [0, 0.1) is 0 Å². The van der Waals surface area contributed by atoms with Gasteiger partial charge in [-0.25, -0.2) is 9.79 Å². The number of aromatic hydroxyl groups is 1. The molecule has 13 heavy (non-hydrogen) atoms. The molecule has 0 aromatic heterocycles. The van der Waals surface area contributed by atoms with Gasteiger partial charge in [0.05, 0.1) is 13.7 Å². The van der Waals surface area contributed by atoms with Crippen molar-refractivity contribution >= 4 is 6.08 Å². The largest absolute Gasteiger partial charge is 0.508 e. The van der Waals surface area contributed by atoms with Gasteiger partial charge in [-0.2, -0.15) is 0 Å². The minimum atomic E-state index is 0.0970. The minimum absolute atomic E-state index is 0.0970. The SMILES string of the molecule is COc1ccc(O)c(CN=C=O)c1. The van der Waals surface area contributed by atoms with Gasteiger partial charge in [0.15, 0.2) is 0 Å². The van der Waals surface area contributed by atoms with Crippen LogP contribution >= 0.6 is 0 Å². The van der Waals surface area contributed by atoms with Crippen LogP contribution in [0.2, 0.25) is 0 Å². The van der Waals surface area contributed by atoms with Gasteiger partial charge in [-0.05, 0) is 18.2 Å². The molecule has 4 heteroatoms. The molecule has 0 heterocycles. The van der Waals surface area contributed by atoms with Crippen molar-refractivity contribution in [3.8, 4) is 11.5 Å². The lowest BCUT2D eigenvalue weighted by atomic mass is 10.2. The van der Waals surface area contributed by atoms with Crippen LogP contribution in [0.5, 0.6) is 11.5 Å². The highest BCUT2D eigenvalue weighted by Gasteiger charge is 2.01. The first kappa shape index (κ1) is 9.29. The minimum Gasteiger partial charge on any atom is -0.508 e. The molecule has 0 bridgehead atoms. The van der Waals surface area contributed by atoms with E-state index < -0.39 is 0 Å². The lowest BCUT2D eigenvalue weighted by Crippen LogP contribution is -1.87. The van der Waals surface area contributed by atoms with Crippen LogP contribution < -0.4 is 4.74 Å². The zero-order valence-electron chi connectivity index (χ0n) is 7.15. The van der Waals surface area contributed by atoms with Crippen molar-refractivity contribution in [3.63, 3.8) is 0 Å². The Morgan fingerprint density at radius 2 is 2.38 bits per heavy atom. The normalized spacial score (nSPS) is 9.00. The summed E-state index contributed by atoms with van der Waals surface area (Å²) in [7, 11) is 1.53. The molecule has 1 N–H and O–H groups in total. The number of phenolic OH excluding ortho intramolecular Hbond substituents is 1. The summed E-state index contributed by atoms with van der Waals surface area (Å²) in [6.07, 6.45) is 1.40. The highest BCUT2D eigenvalue weighted by molar-refractivity contribution is 5.41. The fraction of sp³-hybridized carbons (Fsp3) is 0.222. The highest BCUT2D eigenvalue weighted by Crippen LogP contribution is 2.23. The van der Waals surface area contributed by atoms with Crippen LogP contribution in [-0.2, 0) is 11.3 Å². The maximum absolute atomic E-state index is 9.84. The second kappa shape index (κ2) is 4.28. The zero-order valence-corrected chi connectivity index (χ0v) is 7.15. The van der Waals surface area contributed by atoms with E-state index in [1.165, 1.54) is 19.3 Å². The molecule has 0 saturated carbocycles. The number of nitrogens with zero attached hydrogens (tertiary/aromatic N) is 1. The van der Waals surface area contributed by atoms with Gasteiger partial charge < -0.3 is 9.84 Å². The summed E-state index contributed by atoms with van der Waals surface area (Å²) in [5, 5.41) is 9.31. The van der Waals surface area contributed by atoms with Crippen molar-refractivity contribution in [3.05, 3.63) is 23.8 Å². The Morgan fingerprint density at radius 3 is 3.00 bits per heavy atom. The average molecular weight is 179 g/mol. The van der Waals surface area contributed by atoms with E-state index in [2.05, 4.69) is 4.99 Å². The molecule has 4 nitrogen and oxygen atoms in total. The van der Waals surface area contributed by atoms with E-state index in [9.17, 15) is 9.90 Å². The van der Waals surface area contributed by atoms with E-state index in [1.807, 2.05) is 0 Å². The zero-order chi connectivity index (χ0) is 9.68. The molecule has 0 radical (unpaired) electrons. The number of hydrogen-bond acceptors (Lipinski definition) is 4. The van der Waals surface area contributed by atoms with Crippen molar-refractivity contribution in [2.24, 2.45) is 4.99 Å². The lowest BCUT2D eigenvalue weighted by molar-refractivity contribution is 0.411. The standard InChI is InChI=1S/C9H9NO3/c1-13-8-2-3-9(12)7(4-8)5-10-6-11/h2-4,12H,5H2,1H3. The molecule has 68 valence electrons.